The molecule has 0 bridgehead atoms. The normalized spacial score (nSPS) is 22.4. The lowest BCUT2D eigenvalue weighted by Crippen LogP contribution is -2.56. The molecular weight excluding hydrogens is 350 g/mol. The zero-order valence-electron chi connectivity index (χ0n) is 14.9. The molecule has 2 heterocycles. The number of benzene rings is 1. The monoisotopic (exact) mass is 371 g/mol. The molecule has 2 atom stereocenters. The van der Waals surface area contributed by atoms with Crippen LogP contribution in [0.3, 0.4) is 0 Å². The number of aryl methyl sites for hydroxylation is 1. The van der Waals surface area contributed by atoms with Crippen LogP contribution in [0.1, 0.15) is 28.2 Å². The molecule has 0 unspecified atom stereocenters. The Morgan fingerprint density at radius 2 is 1.93 bits per heavy atom. The van der Waals surface area contributed by atoms with E-state index < -0.39 is 23.5 Å². The molecule has 1 aliphatic rings. The zero-order chi connectivity index (χ0) is 19.6. The highest BCUT2D eigenvalue weighted by atomic mass is 16.4. The number of carboxylic acid groups (broad SMARTS) is 2. The van der Waals surface area contributed by atoms with Crippen LogP contribution in [0.4, 0.5) is 5.95 Å². The lowest BCUT2D eigenvalue weighted by Gasteiger charge is -2.43. The Labute approximate surface area is 156 Å². The molecule has 1 saturated heterocycles. The van der Waals surface area contributed by atoms with E-state index in [1.54, 1.807) is 11.8 Å². The maximum Gasteiger partial charge on any atom is 0.354 e. The number of rotatable bonds is 5. The third-order valence-electron chi connectivity index (χ3n) is 4.99. The van der Waals surface area contributed by atoms with E-state index in [-0.39, 0.29) is 31.0 Å². The molecule has 3 rings (SSSR count). The third kappa shape index (κ3) is 3.75. The van der Waals surface area contributed by atoms with Gasteiger partial charge in [-0.2, -0.15) is 0 Å². The number of hydrogen-bond acceptors (Lipinski definition) is 6. The fraction of sp³-hybridized carbons (Fsp3) is 0.368. The number of carboxylic acids is 2. The summed E-state index contributed by atoms with van der Waals surface area (Å²) in [6.45, 7) is 1.98. The van der Waals surface area contributed by atoms with Crippen LogP contribution in [0.5, 0.6) is 0 Å². The highest BCUT2D eigenvalue weighted by Crippen LogP contribution is 2.37. The minimum atomic E-state index is -1.31. The first kappa shape index (κ1) is 18.8. The Hall–Kier alpha value is -3.00. The summed E-state index contributed by atoms with van der Waals surface area (Å²) < 4.78 is 0. The maximum absolute atomic E-state index is 12.0. The van der Waals surface area contributed by atoms with Crippen LogP contribution in [-0.4, -0.2) is 56.4 Å². The van der Waals surface area contributed by atoms with Gasteiger partial charge in [-0.3, -0.25) is 4.79 Å². The number of anilines is 1. The fourth-order valence-corrected chi connectivity index (χ4v) is 3.45. The summed E-state index contributed by atoms with van der Waals surface area (Å²) in [6.07, 6.45) is -0.743. The van der Waals surface area contributed by atoms with E-state index in [1.807, 2.05) is 30.3 Å². The Bertz CT molecular complexity index is 858. The lowest BCUT2D eigenvalue weighted by atomic mass is 9.72. The summed E-state index contributed by atoms with van der Waals surface area (Å²) in [5.41, 5.74) is -0.109. The number of aliphatic carboxylic acids is 1. The summed E-state index contributed by atoms with van der Waals surface area (Å²) in [7, 11) is 0. The van der Waals surface area contributed by atoms with Crippen LogP contribution in [0, 0.1) is 12.3 Å². The van der Waals surface area contributed by atoms with Gasteiger partial charge in [0, 0.05) is 18.8 Å². The number of aromatic nitrogens is 2. The van der Waals surface area contributed by atoms with Crippen molar-refractivity contribution in [2.75, 3.05) is 18.0 Å². The van der Waals surface area contributed by atoms with Gasteiger partial charge in [0.25, 0.3) is 0 Å². The van der Waals surface area contributed by atoms with Gasteiger partial charge in [-0.15, -0.1) is 0 Å². The quantitative estimate of drug-likeness (QED) is 0.720. The Balaban J connectivity index is 1.85. The average molecular weight is 371 g/mol. The standard InChI is InChI=1S/C19H21N3O5/c1-12-9-14(16(24)25)21-18(20-12)22-8-7-19(17(26)27,15(23)11-22)10-13-5-3-2-4-6-13/h2-6,9,15,23H,7-8,10-11H2,1H3,(H,24,25)(H,26,27)/t15-,19+/m0/s1. The smallest absolute Gasteiger partial charge is 0.354 e. The van der Waals surface area contributed by atoms with E-state index in [9.17, 15) is 19.8 Å². The molecule has 0 saturated carbocycles. The molecule has 142 valence electrons. The maximum atomic E-state index is 12.0. The summed E-state index contributed by atoms with van der Waals surface area (Å²) in [4.78, 5) is 33.2. The van der Waals surface area contributed by atoms with E-state index >= 15 is 0 Å². The first-order valence-electron chi connectivity index (χ1n) is 8.61. The molecular formula is C19H21N3O5. The molecule has 0 amide bonds. The van der Waals surface area contributed by atoms with Gasteiger partial charge in [-0.25, -0.2) is 14.8 Å². The largest absolute Gasteiger partial charge is 0.481 e. The predicted molar refractivity (Wildman–Crippen MR) is 96.8 cm³/mol. The number of nitrogens with zero attached hydrogens (tertiary/aromatic N) is 3. The summed E-state index contributed by atoms with van der Waals surface area (Å²) >= 11 is 0. The van der Waals surface area contributed by atoms with Crippen LogP contribution < -0.4 is 4.90 Å². The highest BCUT2D eigenvalue weighted by Gasteiger charge is 2.49. The van der Waals surface area contributed by atoms with Crippen molar-refractivity contribution in [3.8, 4) is 0 Å². The van der Waals surface area contributed by atoms with Gasteiger partial charge in [0.05, 0.1) is 6.10 Å². The molecule has 1 aliphatic heterocycles. The van der Waals surface area contributed by atoms with Crippen LogP contribution >= 0.6 is 0 Å². The predicted octanol–water partition coefficient (Wildman–Crippen LogP) is 1.37. The van der Waals surface area contributed by atoms with Crippen molar-refractivity contribution >= 4 is 17.9 Å². The molecule has 3 N–H and O–H groups in total. The van der Waals surface area contributed by atoms with Crippen LogP contribution in [0.15, 0.2) is 36.4 Å². The molecule has 0 spiro atoms. The fourth-order valence-electron chi connectivity index (χ4n) is 3.45. The number of aliphatic hydroxyl groups excluding tert-OH is 1. The van der Waals surface area contributed by atoms with Crippen molar-refractivity contribution < 1.29 is 24.9 Å². The molecule has 2 aromatic rings. The number of carbonyl (C=O) groups is 2. The second kappa shape index (κ2) is 7.32. The Morgan fingerprint density at radius 3 is 2.52 bits per heavy atom. The van der Waals surface area contributed by atoms with Crippen molar-refractivity contribution in [1.82, 2.24) is 9.97 Å². The number of aliphatic hydroxyl groups is 1. The van der Waals surface area contributed by atoms with Gasteiger partial charge in [-0.1, -0.05) is 30.3 Å². The van der Waals surface area contributed by atoms with Crippen molar-refractivity contribution in [3.63, 3.8) is 0 Å². The highest BCUT2D eigenvalue weighted by molar-refractivity contribution is 5.85. The third-order valence-corrected chi connectivity index (χ3v) is 4.99. The van der Waals surface area contributed by atoms with Crippen LogP contribution in [-0.2, 0) is 11.2 Å². The second-order valence-corrected chi connectivity index (χ2v) is 6.84. The van der Waals surface area contributed by atoms with Crippen molar-refractivity contribution in [2.45, 2.75) is 25.9 Å². The average Bonchev–Trinajstić information content (AvgIpc) is 2.63. The van der Waals surface area contributed by atoms with E-state index in [0.29, 0.717) is 12.2 Å². The number of piperidine rings is 1. The number of hydrogen-bond donors (Lipinski definition) is 3. The van der Waals surface area contributed by atoms with E-state index in [2.05, 4.69) is 9.97 Å². The molecule has 8 nitrogen and oxygen atoms in total. The van der Waals surface area contributed by atoms with Gasteiger partial charge < -0.3 is 20.2 Å². The summed E-state index contributed by atoms with van der Waals surface area (Å²) in [5, 5.41) is 29.8. The van der Waals surface area contributed by atoms with Gasteiger partial charge >= 0.3 is 11.9 Å². The van der Waals surface area contributed by atoms with Crippen molar-refractivity contribution in [3.05, 3.63) is 53.3 Å². The van der Waals surface area contributed by atoms with Gasteiger partial charge in [0.1, 0.15) is 5.41 Å². The lowest BCUT2D eigenvalue weighted by molar-refractivity contribution is -0.158. The van der Waals surface area contributed by atoms with Gasteiger partial charge in [-0.05, 0) is 31.4 Å². The first-order chi connectivity index (χ1) is 12.8. The Kier molecular flexibility index (Phi) is 5.09. The first-order valence-corrected chi connectivity index (χ1v) is 8.61. The topological polar surface area (TPSA) is 124 Å². The van der Waals surface area contributed by atoms with Crippen LogP contribution in [0.25, 0.3) is 0 Å². The van der Waals surface area contributed by atoms with Crippen LogP contribution in [0.2, 0.25) is 0 Å². The zero-order valence-corrected chi connectivity index (χ0v) is 14.9. The van der Waals surface area contributed by atoms with E-state index in [0.717, 1.165) is 5.56 Å². The SMILES string of the molecule is Cc1cc(C(=O)O)nc(N2CC[C@](Cc3ccccc3)(C(=O)O)[C@@H](O)C2)n1. The van der Waals surface area contributed by atoms with Crippen molar-refractivity contribution in [2.24, 2.45) is 5.41 Å². The number of β-amino-alcohol motifs (C(OH)–C–C–N with tert-alkyl or cyclic N) is 1. The van der Waals surface area contributed by atoms with Crippen molar-refractivity contribution in [1.29, 1.82) is 0 Å². The van der Waals surface area contributed by atoms with E-state index in [4.69, 9.17) is 5.11 Å². The minimum absolute atomic E-state index is 0.0155. The number of aromatic carboxylic acids is 1. The summed E-state index contributed by atoms with van der Waals surface area (Å²) in [5.74, 6) is -2.02. The van der Waals surface area contributed by atoms with Gasteiger partial charge in [0.2, 0.25) is 5.95 Å². The minimum Gasteiger partial charge on any atom is -0.481 e. The Morgan fingerprint density at radius 1 is 1.22 bits per heavy atom. The molecule has 0 aliphatic carbocycles. The second-order valence-electron chi connectivity index (χ2n) is 6.84. The molecule has 1 aromatic heterocycles. The summed E-state index contributed by atoms with van der Waals surface area (Å²) in [6, 6.07) is 10.6. The molecule has 0 radical (unpaired) electrons. The molecule has 1 aromatic carbocycles. The molecule has 8 heteroatoms. The van der Waals surface area contributed by atoms with E-state index in [1.165, 1.54) is 6.07 Å². The molecule has 27 heavy (non-hydrogen) atoms. The molecule has 1 fully saturated rings. The van der Waals surface area contributed by atoms with Gasteiger partial charge in [0.15, 0.2) is 5.69 Å².